The maximum Gasteiger partial charge on any atom is 0.277 e. The highest BCUT2D eigenvalue weighted by atomic mass is 79.9. The van der Waals surface area contributed by atoms with Gasteiger partial charge in [-0.3, -0.25) is 14.8 Å². The standard InChI is InChI=1S/C14H14BrN5O/c1-8-11(15)12(20(3)18-8)13(21)17-14-16-9-6-4-5-7-10(9)19(14)2/h4-7H,1-3H3,(H,16,17,21). The number of anilines is 1. The number of rotatable bonds is 2. The van der Waals surface area contributed by atoms with Gasteiger partial charge >= 0.3 is 0 Å². The van der Waals surface area contributed by atoms with E-state index in [0.717, 1.165) is 16.7 Å². The molecule has 1 aromatic carbocycles. The molecule has 3 aromatic rings. The van der Waals surface area contributed by atoms with Crippen molar-refractivity contribution in [1.82, 2.24) is 19.3 Å². The number of hydrogen-bond acceptors (Lipinski definition) is 3. The molecule has 2 aromatic heterocycles. The van der Waals surface area contributed by atoms with Gasteiger partial charge in [-0.1, -0.05) is 12.1 Å². The van der Waals surface area contributed by atoms with Gasteiger partial charge in [-0.15, -0.1) is 0 Å². The van der Waals surface area contributed by atoms with Crippen molar-refractivity contribution in [2.24, 2.45) is 14.1 Å². The van der Waals surface area contributed by atoms with Crippen LogP contribution in [0.15, 0.2) is 28.7 Å². The average molecular weight is 348 g/mol. The van der Waals surface area contributed by atoms with Gasteiger partial charge in [-0.05, 0) is 35.0 Å². The summed E-state index contributed by atoms with van der Waals surface area (Å²) in [6, 6.07) is 7.73. The summed E-state index contributed by atoms with van der Waals surface area (Å²) in [5.41, 5.74) is 3.05. The number of aromatic nitrogens is 4. The fraction of sp³-hybridized carbons (Fsp3) is 0.214. The number of benzene rings is 1. The number of carbonyl (C=O) groups is 1. The lowest BCUT2D eigenvalue weighted by molar-refractivity contribution is 0.101. The van der Waals surface area contributed by atoms with Crippen LogP contribution in [0.5, 0.6) is 0 Å². The van der Waals surface area contributed by atoms with Gasteiger partial charge < -0.3 is 4.57 Å². The van der Waals surface area contributed by atoms with Crippen molar-refractivity contribution in [1.29, 1.82) is 0 Å². The molecule has 21 heavy (non-hydrogen) atoms. The largest absolute Gasteiger partial charge is 0.313 e. The molecular weight excluding hydrogens is 334 g/mol. The summed E-state index contributed by atoms with van der Waals surface area (Å²) in [5.74, 6) is 0.260. The maximum absolute atomic E-state index is 12.4. The van der Waals surface area contributed by atoms with Gasteiger partial charge in [0.2, 0.25) is 5.95 Å². The summed E-state index contributed by atoms with van der Waals surface area (Å²) >= 11 is 3.40. The van der Waals surface area contributed by atoms with Crippen LogP contribution in [-0.2, 0) is 14.1 Å². The molecule has 0 saturated carbocycles. The summed E-state index contributed by atoms with van der Waals surface area (Å²) in [6.07, 6.45) is 0. The lowest BCUT2D eigenvalue weighted by atomic mass is 10.3. The molecule has 0 saturated heterocycles. The molecule has 1 N–H and O–H groups in total. The normalized spacial score (nSPS) is 11.0. The van der Waals surface area contributed by atoms with Crippen LogP contribution in [0.25, 0.3) is 11.0 Å². The summed E-state index contributed by atoms with van der Waals surface area (Å²) in [4.78, 5) is 16.9. The highest BCUT2D eigenvalue weighted by Crippen LogP contribution is 2.22. The van der Waals surface area contributed by atoms with Crippen molar-refractivity contribution in [3.8, 4) is 0 Å². The number of imidazole rings is 1. The Labute approximate surface area is 129 Å². The number of nitrogens with zero attached hydrogens (tertiary/aromatic N) is 4. The van der Waals surface area contributed by atoms with Crippen LogP contribution in [-0.4, -0.2) is 25.2 Å². The summed E-state index contributed by atoms with van der Waals surface area (Å²) in [6.45, 7) is 1.84. The average Bonchev–Trinajstić information content (AvgIpc) is 2.88. The van der Waals surface area contributed by atoms with Gasteiger partial charge in [0.05, 0.1) is 21.2 Å². The number of amides is 1. The molecule has 0 aliphatic rings. The third-order valence-electron chi connectivity index (χ3n) is 3.38. The quantitative estimate of drug-likeness (QED) is 0.774. The van der Waals surface area contributed by atoms with Crippen molar-refractivity contribution in [2.45, 2.75) is 6.92 Å². The Kier molecular flexibility index (Phi) is 3.29. The molecule has 7 heteroatoms. The predicted octanol–water partition coefficient (Wildman–Crippen LogP) is 2.63. The molecular formula is C14H14BrN5O. The fourth-order valence-electron chi connectivity index (χ4n) is 2.30. The Hall–Kier alpha value is -2.15. The van der Waals surface area contributed by atoms with E-state index in [1.54, 1.807) is 11.7 Å². The SMILES string of the molecule is Cc1nn(C)c(C(=O)Nc2nc3ccccc3n2C)c1Br. The van der Waals surface area contributed by atoms with Gasteiger partial charge in [0.25, 0.3) is 5.91 Å². The number of halogens is 1. The summed E-state index contributed by atoms with van der Waals surface area (Å²) < 4.78 is 4.10. The second-order valence-electron chi connectivity index (χ2n) is 4.81. The van der Waals surface area contributed by atoms with E-state index >= 15 is 0 Å². The number of fused-ring (bicyclic) bond motifs is 1. The van der Waals surface area contributed by atoms with Crippen LogP contribution in [0.2, 0.25) is 0 Å². The van der Waals surface area contributed by atoms with Crippen molar-refractivity contribution in [2.75, 3.05) is 5.32 Å². The zero-order valence-corrected chi connectivity index (χ0v) is 13.5. The first kappa shape index (κ1) is 13.8. The van der Waals surface area contributed by atoms with E-state index in [0.29, 0.717) is 16.1 Å². The molecule has 3 rings (SSSR count). The van der Waals surface area contributed by atoms with E-state index in [2.05, 4.69) is 31.3 Å². The summed E-state index contributed by atoms with van der Waals surface area (Å²) in [5, 5.41) is 7.05. The van der Waals surface area contributed by atoms with Crippen molar-refractivity contribution < 1.29 is 4.79 Å². The highest BCUT2D eigenvalue weighted by molar-refractivity contribution is 9.10. The lowest BCUT2D eigenvalue weighted by Gasteiger charge is -2.06. The van der Waals surface area contributed by atoms with E-state index in [4.69, 9.17) is 0 Å². The molecule has 108 valence electrons. The molecule has 0 aliphatic heterocycles. The zero-order valence-electron chi connectivity index (χ0n) is 11.9. The number of carbonyl (C=O) groups excluding carboxylic acids is 1. The second-order valence-corrected chi connectivity index (χ2v) is 5.60. The number of para-hydroxylation sites is 2. The number of aryl methyl sites for hydroxylation is 3. The maximum atomic E-state index is 12.4. The van der Waals surface area contributed by atoms with Gasteiger partial charge in [-0.25, -0.2) is 4.98 Å². The Morgan fingerprint density at radius 3 is 2.62 bits per heavy atom. The monoisotopic (exact) mass is 347 g/mol. The number of hydrogen-bond donors (Lipinski definition) is 1. The minimum absolute atomic E-state index is 0.247. The predicted molar refractivity (Wildman–Crippen MR) is 84.3 cm³/mol. The molecule has 0 radical (unpaired) electrons. The molecule has 0 spiro atoms. The number of nitrogens with one attached hydrogen (secondary N) is 1. The van der Waals surface area contributed by atoms with Gasteiger partial charge in [0.15, 0.2) is 0 Å². The minimum Gasteiger partial charge on any atom is -0.313 e. The van der Waals surface area contributed by atoms with Gasteiger partial charge in [-0.2, -0.15) is 5.10 Å². The van der Waals surface area contributed by atoms with Crippen molar-refractivity contribution >= 4 is 38.8 Å². The highest BCUT2D eigenvalue weighted by Gasteiger charge is 2.20. The molecule has 0 unspecified atom stereocenters. The first-order valence-electron chi connectivity index (χ1n) is 6.41. The van der Waals surface area contributed by atoms with Crippen LogP contribution < -0.4 is 5.32 Å². The molecule has 2 heterocycles. The van der Waals surface area contributed by atoms with Crippen LogP contribution in [0.4, 0.5) is 5.95 Å². The third-order valence-corrected chi connectivity index (χ3v) is 4.33. The molecule has 0 atom stereocenters. The smallest absolute Gasteiger partial charge is 0.277 e. The first-order chi connectivity index (χ1) is 9.99. The van der Waals surface area contributed by atoms with Crippen molar-refractivity contribution in [3.05, 3.63) is 40.1 Å². The Bertz CT molecular complexity index is 849. The molecule has 0 fully saturated rings. The second kappa shape index (κ2) is 5.00. The Morgan fingerprint density at radius 1 is 1.29 bits per heavy atom. The Morgan fingerprint density at radius 2 is 2.00 bits per heavy atom. The summed E-state index contributed by atoms with van der Waals surface area (Å²) in [7, 11) is 3.61. The molecule has 0 bridgehead atoms. The molecule has 6 nitrogen and oxygen atoms in total. The van der Waals surface area contributed by atoms with E-state index in [1.165, 1.54) is 0 Å². The van der Waals surface area contributed by atoms with Gasteiger partial charge in [0, 0.05) is 14.1 Å². The van der Waals surface area contributed by atoms with E-state index < -0.39 is 0 Å². The van der Waals surface area contributed by atoms with Gasteiger partial charge in [0.1, 0.15) is 5.69 Å². The van der Waals surface area contributed by atoms with Crippen LogP contribution in [0, 0.1) is 6.92 Å². The topological polar surface area (TPSA) is 64.7 Å². The van der Waals surface area contributed by atoms with Crippen LogP contribution in [0.3, 0.4) is 0 Å². The van der Waals surface area contributed by atoms with E-state index in [1.807, 2.05) is 42.8 Å². The third kappa shape index (κ3) is 2.23. The van der Waals surface area contributed by atoms with E-state index in [9.17, 15) is 4.79 Å². The fourth-order valence-corrected chi connectivity index (χ4v) is 2.81. The molecule has 0 aliphatic carbocycles. The van der Waals surface area contributed by atoms with Crippen LogP contribution in [0.1, 0.15) is 16.2 Å². The minimum atomic E-state index is -0.247. The first-order valence-corrected chi connectivity index (χ1v) is 7.20. The Balaban J connectivity index is 1.98. The lowest BCUT2D eigenvalue weighted by Crippen LogP contribution is -2.18. The molecule has 1 amide bonds. The van der Waals surface area contributed by atoms with Crippen LogP contribution >= 0.6 is 15.9 Å². The van der Waals surface area contributed by atoms with E-state index in [-0.39, 0.29) is 5.91 Å². The van der Waals surface area contributed by atoms with Crippen molar-refractivity contribution in [3.63, 3.8) is 0 Å². The zero-order chi connectivity index (χ0) is 15.1.